The van der Waals surface area contributed by atoms with Crippen molar-refractivity contribution in [2.45, 2.75) is 12.8 Å². The zero-order valence-corrected chi connectivity index (χ0v) is 7.45. The predicted molar refractivity (Wildman–Crippen MR) is 48.2 cm³/mol. The highest BCUT2D eigenvalue weighted by Crippen LogP contribution is 2.37. The molecule has 3 nitrogen and oxygen atoms in total. The Balaban J connectivity index is 2.47. The molecule has 1 aromatic carbocycles. The van der Waals surface area contributed by atoms with Gasteiger partial charge in [0.2, 0.25) is 0 Å². The highest BCUT2D eigenvalue weighted by Gasteiger charge is 2.24. The summed E-state index contributed by atoms with van der Waals surface area (Å²) in [5, 5.41) is 18.5. The van der Waals surface area contributed by atoms with Crippen molar-refractivity contribution in [3.63, 3.8) is 0 Å². The van der Waals surface area contributed by atoms with E-state index < -0.39 is 0 Å². The SMILES string of the molecule is Cc1cc2c(cc1O)[C@@H](CO)CO2. The minimum atomic E-state index is 0.0153. The molecule has 0 fully saturated rings. The lowest BCUT2D eigenvalue weighted by Gasteiger charge is -2.05. The van der Waals surface area contributed by atoms with Crippen molar-refractivity contribution in [2.75, 3.05) is 13.2 Å². The number of hydrogen-bond donors (Lipinski definition) is 2. The Morgan fingerprint density at radius 2 is 2.31 bits per heavy atom. The van der Waals surface area contributed by atoms with Gasteiger partial charge in [-0.1, -0.05) is 0 Å². The van der Waals surface area contributed by atoms with Crippen LogP contribution in [0.5, 0.6) is 11.5 Å². The fraction of sp³-hybridized carbons (Fsp3) is 0.400. The summed E-state index contributed by atoms with van der Waals surface area (Å²) in [6, 6.07) is 3.48. The van der Waals surface area contributed by atoms with Gasteiger partial charge in [0.1, 0.15) is 11.5 Å². The van der Waals surface area contributed by atoms with Gasteiger partial charge >= 0.3 is 0 Å². The Bertz CT molecular complexity index is 333. The Kier molecular flexibility index (Phi) is 1.88. The molecule has 2 N–H and O–H groups in total. The van der Waals surface area contributed by atoms with Crippen molar-refractivity contribution in [1.82, 2.24) is 0 Å². The summed E-state index contributed by atoms with van der Waals surface area (Å²) in [5.74, 6) is 1.07. The Morgan fingerprint density at radius 1 is 1.54 bits per heavy atom. The first-order valence-electron chi connectivity index (χ1n) is 4.29. The highest BCUT2D eigenvalue weighted by atomic mass is 16.5. The fourth-order valence-electron chi connectivity index (χ4n) is 1.56. The molecule has 0 aromatic heterocycles. The summed E-state index contributed by atoms with van der Waals surface area (Å²) in [4.78, 5) is 0. The average molecular weight is 180 g/mol. The number of aliphatic hydroxyl groups excluding tert-OH is 1. The lowest BCUT2D eigenvalue weighted by Crippen LogP contribution is -2.04. The molecule has 1 aliphatic heterocycles. The molecule has 1 heterocycles. The number of aliphatic hydroxyl groups is 1. The second kappa shape index (κ2) is 2.92. The maximum atomic E-state index is 9.46. The summed E-state index contributed by atoms with van der Waals surface area (Å²) in [6.45, 7) is 2.40. The number of hydrogen-bond acceptors (Lipinski definition) is 3. The first-order valence-corrected chi connectivity index (χ1v) is 4.29. The van der Waals surface area contributed by atoms with Crippen LogP contribution in [-0.2, 0) is 0 Å². The van der Waals surface area contributed by atoms with E-state index >= 15 is 0 Å². The number of aryl methyl sites for hydroxylation is 1. The van der Waals surface area contributed by atoms with Crippen molar-refractivity contribution in [2.24, 2.45) is 0 Å². The number of aromatic hydroxyl groups is 1. The van der Waals surface area contributed by atoms with E-state index in [4.69, 9.17) is 9.84 Å². The van der Waals surface area contributed by atoms with Crippen LogP contribution in [-0.4, -0.2) is 23.4 Å². The average Bonchev–Trinajstić information content (AvgIpc) is 2.48. The molecule has 0 saturated heterocycles. The van der Waals surface area contributed by atoms with E-state index in [-0.39, 0.29) is 18.3 Å². The first kappa shape index (κ1) is 8.38. The van der Waals surface area contributed by atoms with Crippen LogP contribution in [0.15, 0.2) is 12.1 Å². The third kappa shape index (κ3) is 1.25. The van der Waals surface area contributed by atoms with E-state index in [1.807, 2.05) is 6.92 Å². The van der Waals surface area contributed by atoms with E-state index in [2.05, 4.69) is 0 Å². The number of rotatable bonds is 1. The summed E-state index contributed by atoms with van der Waals surface area (Å²) in [5.41, 5.74) is 1.71. The largest absolute Gasteiger partial charge is 0.508 e. The van der Waals surface area contributed by atoms with Crippen LogP contribution in [0.1, 0.15) is 17.0 Å². The molecule has 0 saturated carbocycles. The highest BCUT2D eigenvalue weighted by molar-refractivity contribution is 5.48. The van der Waals surface area contributed by atoms with E-state index in [0.29, 0.717) is 6.61 Å². The third-order valence-corrected chi connectivity index (χ3v) is 2.43. The van der Waals surface area contributed by atoms with Gasteiger partial charge in [-0.3, -0.25) is 0 Å². The van der Waals surface area contributed by atoms with Gasteiger partial charge in [-0.25, -0.2) is 0 Å². The van der Waals surface area contributed by atoms with Crippen LogP contribution in [0.25, 0.3) is 0 Å². The molecule has 0 amide bonds. The summed E-state index contributed by atoms with van der Waals surface area (Å²) in [7, 11) is 0. The minimum Gasteiger partial charge on any atom is -0.508 e. The molecule has 0 bridgehead atoms. The molecule has 1 aromatic rings. The van der Waals surface area contributed by atoms with E-state index in [1.54, 1.807) is 12.1 Å². The van der Waals surface area contributed by atoms with Crippen molar-refractivity contribution in [3.05, 3.63) is 23.3 Å². The number of ether oxygens (including phenoxy) is 1. The Hall–Kier alpha value is -1.22. The molecule has 13 heavy (non-hydrogen) atoms. The normalized spacial score (nSPS) is 19.7. The van der Waals surface area contributed by atoms with Gasteiger partial charge in [0.25, 0.3) is 0 Å². The minimum absolute atomic E-state index is 0.0153. The maximum absolute atomic E-state index is 9.46. The van der Waals surface area contributed by atoms with Crippen molar-refractivity contribution < 1.29 is 14.9 Å². The molecule has 0 aliphatic carbocycles. The zero-order valence-electron chi connectivity index (χ0n) is 7.45. The van der Waals surface area contributed by atoms with Crippen LogP contribution >= 0.6 is 0 Å². The molecule has 2 rings (SSSR count). The van der Waals surface area contributed by atoms with E-state index in [0.717, 1.165) is 16.9 Å². The second-order valence-corrected chi connectivity index (χ2v) is 3.37. The van der Waals surface area contributed by atoms with Crippen molar-refractivity contribution in [1.29, 1.82) is 0 Å². The Labute approximate surface area is 76.6 Å². The summed E-state index contributed by atoms with van der Waals surface area (Å²) >= 11 is 0. The van der Waals surface area contributed by atoms with E-state index in [1.165, 1.54) is 0 Å². The molecule has 1 aliphatic rings. The Morgan fingerprint density at radius 3 is 3.00 bits per heavy atom. The monoisotopic (exact) mass is 180 g/mol. The van der Waals surface area contributed by atoms with Crippen LogP contribution in [0, 0.1) is 6.92 Å². The predicted octanol–water partition coefficient (Wildman–Crippen LogP) is 1.17. The quantitative estimate of drug-likeness (QED) is 0.682. The van der Waals surface area contributed by atoms with Gasteiger partial charge in [0.05, 0.1) is 13.2 Å². The maximum Gasteiger partial charge on any atom is 0.123 e. The fourth-order valence-corrected chi connectivity index (χ4v) is 1.56. The topological polar surface area (TPSA) is 49.7 Å². The van der Waals surface area contributed by atoms with Crippen molar-refractivity contribution >= 4 is 0 Å². The van der Waals surface area contributed by atoms with Gasteiger partial charge in [-0.05, 0) is 24.6 Å². The van der Waals surface area contributed by atoms with Crippen LogP contribution in [0.3, 0.4) is 0 Å². The number of benzene rings is 1. The lowest BCUT2D eigenvalue weighted by atomic mass is 10.0. The van der Waals surface area contributed by atoms with Crippen LogP contribution in [0.2, 0.25) is 0 Å². The van der Waals surface area contributed by atoms with Gasteiger partial charge in [-0.2, -0.15) is 0 Å². The zero-order chi connectivity index (χ0) is 9.42. The third-order valence-electron chi connectivity index (χ3n) is 2.43. The number of phenolic OH excluding ortho intramolecular Hbond substituents is 1. The van der Waals surface area contributed by atoms with Gasteiger partial charge in [-0.15, -0.1) is 0 Å². The summed E-state index contributed by atoms with van der Waals surface area (Å²) < 4.78 is 5.37. The molecule has 0 radical (unpaired) electrons. The standard InChI is InChI=1S/C10H12O3/c1-6-2-10-8(3-9(6)12)7(4-11)5-13-10/h2-3,7,11-12H,4-5H2,1H3/t7-/m0/s1. The first-order chi connectivity index (χ1) is 6.22. The summed E-state index contributed by atoms with van der Waals surface area (Å²) in [6.07, 6.45) is 0. The molecule has 3 heteroatoms. The molecule has 70 valence electrons. The molecular weight excluding hydrogens is 168 g/mol. The van der Waals surface area contributed by atoms with Crippen LogP contribution < -0.4 is 4.74 Å². The lowest BCUT2D eigenvalue weighted by molar-refractivity contribution is 0.232. The van der Waals surface area contributed by atoms with Crippen molar-refractivity contribution in [3.8, 4) is 11.5 Å². The number of fused-ring (bicyclic) bond motifs is 1. The molecule has 0 unspecified atom stereocenters. The molecular formula is C10H12O3. The molecule has 1 atom stereocenters. The second-order valence-electron chi connectivity index (χ2n) is 3.37. The van der Waals surface area contributed by atoms with Crippen LogP contribution in [0.4, 0.5) is 0 Å². The van der Waals surface area contributed by atoms with Gasteiger partial charge in [0, 0.05) is 11.5 Å². The van der Waals surface area contributed by atoms with Gasteiger partial charge < -0.3 is 14.9 Å². The number of phenols is 1. The molecule has 0 spiro atoms. The van der Waals surface area contributed by atoms with Gasteiger partial charge in [0.15, 0.2) is 0 Å². The van der Waals surface area contributed by atoms with E-state index in [9.17, 15) is 5.11 Å². The smallest absolute Gasteiger partial charge is 0.123 e.